The lowest BCUT2D eigenvalue weighted by molar-refractivity contribution is 0.0707. The molecule has 0 aliphatic carbocycles. The fourth-order valence-corrected chi connectivity index (χ4v) is 5.15. The molecule has 4 heterocycles. The van der Waals surface area contributed by atoms with Gasteiger partial charge in [-0.15, -0.1) is 5.10 Å². The van der Waals surface area contributed by atoms with Crippen LogP contribution in [0.25, 0.3) is 11.5 Å². The number of amides is 2. The highest BCUT2D eigenvalue weighted by Crippen LogP contribution is 2.30. The number of benzene rings is 2. The molecule has 0 bridgehead atoms. The van der Waals surface area contributed by atoms with Gasteiger partial charge in [0.1, 0.15) is 5.69 Å². The number of hydrogen-bond donors (Lipinski definition) is 1. The van der Waals surface area contributed by atoms with Crippen LogP contribution in [0.2, 0.25) is 0 Å². The molecule has 39 heavy (non-hydrogen) atoms. The molecule has 2 amide bonds. The van der Waals surface area contributed by atoms with Crippen LogP contribution in [0, 0.1) is 13.8 Å². The van der Waals surface area contributed by atoms with Crippen molar-refractivity contribution in [2.45, 2.75) is 32.6 Å². The van der Waals surface area contributed by atoms with Gasteiger partial charge in [-0.1, -0.05) is 29.0 Å². The Bertz CT molecular complexity index is 1650. The first-order chi connectivity index (χ1) is 19.0. The molecule has 0 atom stereocenters. The summed E-state index contributed by atoms with van der Waals surface area (Å²) in [6.45, 7) is 5.23. The topological polar surface area (TPSA) is 110 Å². The van der Waals surface area contributed by atoms with E-state index in [0.717, 1.165) is 29.8 Å². The monoisotopic (exact) mass is 520 g/mol. The van der Waals surface area contributed by atoms with E-state index in [4.69, 9.17) is 0 Å². The third kappa shape index (κ3) is 4.88. The van der Waals surface area contributed by atoms with Gasteiger partial charge < -0.3 is 10.2 Å². The number of fused-ring (bicyclic) bond motifs is 1. The number of piperidine rings is 1. The summed E-state index contributed by atoms with van der Waals surface area (Å²) in [6.07, 6.45) is 8.56. The van der Waals surface area contributed by atoms with Gasteiger partial charge >= 0.3 is 0 Å². The van der Waals surface area contributed by atoms with Crippen LogP contribution in [0.15, 0.2) is 73.3 Å². The number of aromatic nitrogens is 6. The highest BCUT2D eigenvalue weighted by atomic mass is 16.2. The summed E-state index contributed by atoms with van der Waals surface area (Å²) in [5, 5.41) is 10.9. The van der Waals surface area contributed by atoms with Crippen molar-refractivity contribution in [3.8, 4) is 5.69 Å². The lowest BCUT2D eigenvalue weighted by Crippen LogP contribution is -2.38. The van der Waals surface area contributed by atoms with E-state index in [1.165, 1.54) is 5.56 Å². The van der Waals surface area contributed by atoms with E-state index in [-0.39, 0.29) is 11.8 Å². The second-order valence-electron chi connectivity index (χ2n) is 9.89. The third-order valence-corrected chi connectivity index (χ3v) is 7.27. The highest BCUT2D eigenvalue weighted by Gasteiger charge is 2.26. The molecule has 5 aromatic rings. The number of nitrogens with zero attached hydrogens (tertiary/aromatic N) is 7. The normalized spacial score (nSPS) is 14.1. The average molecular weight is 521 g/mol. The molecule has 1 N–H and O–H groups in total. The Morgan fingerprint density at radius 3 is 2.49 bits per heavy atom. The van der Waals surface area contributed by atoms with Crippen molar-refractivity contribution in [1.82, 2.24) is 34.3 Å². The standard InChI is InChI=1S/C29H28N8O2/c1-19-3-8-26(37-16-12-31-34-37)24(17-19)27(38)32-23-6-4-21(5-7-23)22-9-13-35(14-10-22)28(39)25-18-20(2)36-15-11-30-29(36)33-25/h3-8,11-12,15-18,22H,9-10,13-14H2,1-2H3,(H,32,38). The predicted molar refractivity (Wildman–Crippen MR) is 146 cm³/mol. The number of likely N-dealkylation sites (tertiary alicyclic amines) is 1. The molecule has 3 aromatic heterocycles. The van der Waals surface area contributed by atoms with E-state index in [2.05, 4.69) is 37.7 Å². The first kappa shape index (κ1) is 24.5. The van der Waals surface area contributed by atoms with Gasteiger partial charge in [-0.3, -0.25) is 14.0 Å². The van der Waals surface area contributed by atoms with Gasteiger partial charge in [-0.05, 0) is 68.5 Å². The summed E-state index contributed by atoms with van der Waals surface area (Å²) in [7, 11) is 0. The Kier molecular flexibility index (Phi) is 6.36. The van der Waals surface area contributed by atoms with Crippen LogP contribution in [0.4, 0.5) is 5.69 Å². The van der Waals surface area contributed by atoms with Gasteiger partial charge in [0, 0.05) is 36.9 Å². The van der Waals surface area contributed by atoms with Gasteiger partial charge in [-0.2, -0.15) is 0 Å². The molecule has 0 radical (unpaired) electrons. The van der Waals surface area contributed by atoms with Crippen molar-refractivity contribution in [1.29, 1.82) is 0 Å². The number of carbonyl (C=O) groups excluding carboxylic acids is 2. The number of nitrogens with one attached hydrogen (secondary N) is 1. The highest BCUT2D eigenvalue weighted by molar-refractivity contribution is 6.06. The Labute approximate surface area is 225 Å². The summed E-state index contributed by atoms with van der Waals surface area (Å²) in [6, 6.07) is 15.5. The smallest absolute Gasteiger partial charge is 0.272 e. The summed E-state index contributed by atoms with van der Waals surface area (Å²) in [5.41, 5.74) is 5.47. The Morgan fingerprint density at radius 1 is 0.949 bits per heavy atom. The minimum absolute atomic E-state index is 0.0541. The van der Waals surface area contributed by atoms with Crippen molar-refractivity contribution >= 4 is 23.3 Å². The maximum atomic E-state index is 13.1. The molecule has 1 fully saturated rings. The van der Waals surface area contributed by atoms with Crippen LogP contribution in [0.1, 0.15) is 56.4 Å². The van der Waals surface area contributed by atoms with E-state index < -0.39 is 0 Å². The van der Waals surface area contributed by atoms with E-state index in [0.29, 0.717) is 41.7 Å². The summed E-state index contributed by atoms with van der Waals surface area (Å²) in [5.74, 6) is 0.624. The number of imidazole rings is 1. The van der Waals surface area contributed by atoms with Crippen LogP contribution in [-0.2, 0) is 0 Å². The molecule has 10 heteroatoms. The SMILES string of the molecule is Cc1ccc(-n2ccnn2)c(C(=O)Nc2ccc(C3CCN(C(=O)c4cc(C)n5ccnc5n4)CC3)cc2)c1. The van der Waals surface area contributed by atoms with E-state index in [1.807, 2.05) is 65.7 Å². The molecule has 1 aliphatic rings. The van der Waals surface area contributed by atoms with Crippen molar-refractivity contribution in [3.05, 3.63) is 101 Å². The number of hydrogen-bond acceptors (Lipinski definition) is 6. The third-order valence-electron chi connectivity index (χ3n) is 7.27. The second-order valence-corrected chi connectivity index (χ2v) is 9.89. The van der Waals surface area contributed by atoms with Gasteiger partial charge in [0.25, 0.3) is 11.8 Å². The quantitative estimate of drug-likeness (QED) is 0.372. The van der Waals surface area contributed by atoms with Crippen LogP contribution in [0.5, 0.6) is 0 Å². The first-order valence-electron chi connectivity index (χ1n) is 12.9. The molecular formula is C29H28N8O2. The van der Waals surface area contributed by atoms with Crippen molar-refractivity contribution < 1.29 is 9.59 Å². The van der Waals surface area contributed by atoms with E-state index in [9.17, 15) is 9.59 Å². The molecule has 6 rings (SSSR count). The zero-order valence-electron chi connectivity index (χ0n) is 21.8. The Balaban J connectivity index is 1.09. The molecule has 1 aliphatic heterocycles. The maximum Gasteiger partial charge on any atom is 0.272 e. The lowest BCUT2D eigenvalue weighted by Gasteiger charge is -2.32. The average Bonchev–Trinajstić information content (AvgIpc) is 3.66. The number of aryl methyl sites for hydroxylation is 2. The maximum absolute atomic E-state index is 13.1. The van der Waals surface area contributed by atoms with Gasteiger partial charge in [0.15, 0.2) is 0 Å². The number of rotatable bonds is 5. The Morgan fingerprint density at radius 2 is 1.74 bits per heavy atom. The molecule has 0 saturated carbocycles. The second kappa shape index (κ2) is 10.1. The van der Waals surface area contributed by atoms with Crippen molar-refractivity contribution in [2.75, 3.05) is 18.4 Å². The summed E-state index contributed by atoms with van der Waals surface area (Å²) < 4.78 is 3.45. The minimum Gasteiger partial charge on any atom is -0.337 e. The largest absolute Gasteiger partial charge is 0.337 e. The summed E-state index contributed by atoms with van der Waals surface area (Å²) >= 11 is 0. The van der Waals surface area contributed by atoms with Crippen LogP contribution in [0.3, 0.4) is 0 Å². The van der Waals surface area contributed by atoms with Crippen LogP contribution >= 0.6 is 0 Å². The molecule has 0 unspecified atom stereocenters. The van der Waals surface area contributed by atoms with Crippen molar-refractivity contribution in [3.63, 3.8) is 0 Å². The van der Waals surface area contributed by atoms with Gasteiger partial charge in [0.2, 0.25) is 5.78 Å². The summed E-state index contributed by atoms with van der Waals surface area (Å²) in [4.78, 5) is 36.8. The number of carbonyl (C=O) groups is 2. The minimum atomic E-state index is -0.207. The zero-order chi connectivity index (χ0) is 26.9. The predicted octanol–water partition coefficient (Wildman–Crippen LogP) is 4.20. The van der Waals surface area contributed by atoms with Gasteiger partial charge in [-0.25, -0.2) is 14.6 Å². The zero-order valence-corrected chi connectivity index (χ0v) is 21.8. The van der Waals surface area contributed by atoms with E-state index in [1.54, 1.807) is 23.3 Å². The fourth-order valence-electron chi connectivity index (χ4n) is 5.15. The first-order valence-corrected chi connectivity index (χ1v) is 12.9. The van der Waals surface area contributed by atoms with Gasteiger partial charge in [0.05, 0.1) is 23.6 Å². The van der Waals surface area contributed by atoms with Crippen LogP contribution in [-0.4, -0.2) is 59.2 Å². The molecule has 10 nitrogen and oxygen atoms in total. The molecule has 196 valence electrons. The van der Waals surface area contributed by atoms with E-state index >= 15 is 0 Å². The molecule has 1 saturated heterocycles. The van der Waals surface area contributed by atoms with Crippen molar-refractivity contribution in [2.24, 2.45) is 0 Å². The molecular weight excluding hydrogens is 492 g/mol. The molecule has 0 spiro atoms. The Hall–Kier alpha value is -4.86. The van der Waals surface area contributed by atoms with Crippen LogP contribution < -0.4 is 5.32 Å². The molecule has 2 aromatic carbocycles. The number of anilines is 1. The fraction of sp³-hybridized carbons (Fsp3) is 0.241. The lowest BCUT2D eigenvalue weighted by atomic mass is 9.89.